The van der Waals surface area contributed by atoms with Gasteiger partial charge in [-0.05, 0) is 46.2 Å². The highest BCUT2D eigenvalue weighted by atomic mass is 16.5. The van der Waals surface area contributed by atoms with Gasteiger partial charge in [-0.2, -0.15) is 0 Å². The zero-order valence-electron chi connectivity index (χ0n) is 12.6. The van der Waals surface area contributed by atoms with Crippen LogP contribution in [0.3, 0.4) is 0 Å². The Morgan fingerprint density at radius 1 is 1.26 bits per heavy atom. The third-order valence-corrected chi connectivity index (χ3v) is 4.59. The van der Waals surface area contributed by atoms with Gasteiger partial charge in [-0.3, -0.25) is 4.79 Å². The lowest BCUT2D eigenvalue weighted by atomic mass is 9.93. The van der Waals surface area contributed by atoms with Crippen LogP contribution in [0.1, 0.15) is 40.0 Å². The Kier molecular flexibility index (Phi) is 5.22. The second-order valence-electron chi connectivity index (χ2n) is 6.07. The van der Waals surface area contributed by atoms with E-state index in [9.17, 15) is 4.79 Å². The van der Waals surface area contributed by atoms with Crippen LogP contribution in [0, 0.1) is 5.92 Å². The molecule has 0 aliphatic carbocycles. The highest BCUT2D eigenvalue weighted by Gasteiger charge is 2.33. The second kappa shape index (κ2) is 6.71. The number of amides is 1. The predicted octanol–water partition coefficient (Wildman–Crippen LogP) is 1.74. The average molecular weight is 268 g/mol. The molecule has 2 rings (SSSR count). The fourth-order valence-electron chi connectivity index (χ4n) is 3.18. The van der Waals surface area contributed by atoms with Gasteiger partial charge in [0.1, 0.15) is 0 Å². The normalized spacial score (nSPS) is 26.9. The van der Waals surface area contributed by atoms with Crippen molar-refractivity contribution >= 4 is 5.91 Å². The average Bonchev–Trinajstić information content (AvgIpc) is 2.46. The van der Waals surface area contributed by atoms with Gasteiger partial charge in [-0.1, -0.05) is 6.92 Å². The fourth-order valence-corrected chi connectivity index (χ4v) is 3.18. The number of morpholine rings is 1. The predicted molar refractivity (Wildman–Crippen MR) is 76.0 cm³/mol. The zero-order valence-corrected chi connectivity index (χ0v) is 12.6. The van der Waals surface area contributed by atoms with Gasteiger partial charge in [-0.25, -0.2) is 0 Å². The van der Waals surface area contributed by atoms with Crippen molar-refractivity contribution in [2.75, 3.05) is 32.8 Å². The van der Waals surface area contributed by atoms with Gasteiger partial charge in [0.25, 0.3) is 0 Å². The maximum Gasteiger partial charge on any atom is 0.226 e. The summed E-state index contributed by atoms with van der Waals surface area (Å²) in [6, 6.07) is 0.896. The Hall–Kier alpha value is -0.610. The molecule has 1 amide bonds. The number of carbonyl (C=O) groups excluding carboxylic acids is 1. The minimum absolute atomic E-state index is 0.238. The van der Waals surface area contributed by atoms with Gasteiger partial charge in [0.15, 0.2) is 0 Å². The van der Waals surface area contributed by atoms with Crippen LogP contribution < -0.4 is 0 Å². The summed E-state index contributed by atoms with van der Waals surface area (Å²) >= 11 is 0. The molecule has 0 aromatic heterocycles. The summed E-state index contributed by atoms with van der Waals surface area (Å²) in [6.45, 7) is 10.9. The molecular weight excluding hydrogens is 240 g/mol. The van der Waals surface area contributed by atoms with E-state index < -0.39 is 0 Å². The molecule has 2 aliphatic heterocycles. The fraction of sp³-hybridized carbons (Fsp3) is 0.933. The molecular formula is C15H28N2O2. The molecule has 0 bridgehead atoms. The quantitative estimate of drug-likeness (QED) is 0.781. The second-order valence-corrected chi connectivity index (χ2v) is 6.07. The van der Waals surface area contributed by atoms with E-state index in [1.807, 2.05) is 0 Å². The van der Waals surface area contributed by atoms with Crippen LogP contribution in [0.25, 0.3) is 0 Å². The van der Waals surface area contributed by atoms with E-state index in [0.717, 1.165) is 38.9 Å². The van der Waals surface area contributed by atoms with Crippen molar-refractivity contribution in [2.45, 2.75) is 52.1 Å². The van der Waals surface area contributed by atoms with E-state index in [1.54, 1.807) is 0 Å². The smallest absolute Gasteiger partial charge is 0.226 e. The van der Waals surface area contributed by atoms with Crippen molar-refractivity contribution in [1.29, 1.82) is 0 Å². The van der Waals surface area contributed by atoms with Crippen LogP contribution in [-0.2, 0) is 9.53 Å². The molecule has 0 radical (unpaired) electrons. The lowest BCUT2D eigenvalue weighted by Gasteiger charge is -2.40. The molecule has 0 spiro atoms. The lowest BCUT2D eigenvalue weighted by molar-refractivity contribution is -0.146. The summed E-state index contributed by atoms with van der Waals surface area (Å²) in [5.41, 5.74) is 0. The highest BCUT2D eigenvalue weighted by Crippen LogP contribution is 2.23. The summed E-state index contributed by atoms with van der Waals surface area (Å²) in [6.07, 6.45) is 3.03. The Morgan fingerprint density at radius 3 is 2.53 bits per heavy atom. The number of nitrogens with zero attached hydrogens (tertiary/aromatic N) is 2. The third kappa shape index (κ3) is 3.48. The zero-order chi connectivity index (χ0) is 13.8. The Morgan fingerprint density at radius 2 is 1.95 bits per heavy atom. The first kappa shape index (κ1) is 14.8. The van der Waals surface area contributed by atoms with Crippen LogP contribution in [0.15, 0.2) is 0 Å². The molecule has 0 aromatic rings. The first-order valence-corrected chi connectivity index (χ1v) is 7.75. The number of carbonyl (C=O) groups is 1. The van der Waals surface area contributed by atoms with Crippen molar-refractivity contribution in [1.82, 2.24) is 9.80 Å². The summed E-state index contributed by atoms with van der Waals surface area (Å²) in [4.78, 5) is 17.2. The molecule has 4 heteroatoms. The Labute approximate surface area is 117 Å². The van der Waals surface area contributed by atoms with E-state index >= 15 is 0 Å². The van der Waals surface area contributed by atoms with Crippen molar-refractivity contribution in [3.05, 3.63) is 0 Å². The molecule has 0 aromatic carbocycles. The van der Waals surface area contributed by atoms with Crippen LogP contribution >= 0.6 is 0 Å². The van der Waals surface area contributed by atoms with Crippen LogP contribution in [0.4, 0.5) is 0 Å². The molecule has 1 unspecified atom stereocenters. The summed E-state index contributed by atoms with van der Waals surface area (Å²) in [5, 5.41) is 0. The van der Waals surface area contributed by atoms with Gasteiger partial charge in [0.2, 0.25) is 5.91 Å². The number of rotatable bonds is 3. The first-order chi connectivity index (χ1) is 9.13. The van der Waals surface area contributed by atoms with Gasteiger partial charge >= 0.3 is 0 Å². The Bertz CT molecular complexity index is 299. The third-order valence-electron chi connectivity index (χ3n) is 4.59. The lowest BCUT2D eigenvalue weighted by Crippen LogP contribution is -2.52. The molecule has 2 fully saturated rings. The van der Waals surface area contributed by atoms with Crippen molar-refractivity contribution in [3.8, 4) is 0 Å². The molecule has 0 N–H and O–H groups in total. The molecule has 19 heavy (non-hydrogen) atoms. The summed E-state index contributed by atoms with van der Waals surface area (Å²) in [5.74, 6) is 0.612. The van der Waals surface area contributed by atoms with E-state index in [0.29, 0.717) is 31.2 Å². The summed E-state index contributed by atoms with van der Waals surface area (Å²) < 4.78 is 5.49. The van der Waals surface area contributed by atoms with Gasteiger partial charge in [0, 0.05) is 18.5 Å². The largest absolute Gasteiger partial charge is 0.377 e. The topological polar surface area (TPSA) is 32.8 Å². The molecule has 2 aliphatic rings. The number of hydrogen-bond acceptors (Lipinski definition) is 3. The minimum atomic E-state index is 0.238. The maximum absolute atomic E-state index is 12.7. The molecule has 4 nitrogen and oxygen atoms in total. The number of piperidine rings is 1. The highest BCUT2D eigenvalue weighted by molar-refractivity contribution is 5.79. The standard InChI is InChI=1S/C15H28N2O2/c1-4-14-11-19-10-9-17(14)15(18)13-5-7-16(8-6-13)12(2)3/h12-14H,4-11H2,1-3H3. The number of ether oxygens (including phenoxy) is 1. The number of likely N-dealkylation sites (tertiary alicyclic amines) is 1. The SMILES string of the molecule is CCC1COCCN1C(=O)C1CCN(C(C)C)CC1. The van der Waals surface area contributed by atoms with Gasteiger partial charge in [0.05, 0.1) is 19.3 Å². The van der Waals surface area contributed by atoms with Gasteiger partial charge in [-0.15, -0.1) is 0 Å². The van der Waals surface area contributed by atoms with Crippen LogP contribution in [0.2, 0.25) is 0 Å². The molecule has 1 atom stereocenters. The van der Waals surface area contributed by atoms with Crippen LogP contribution in [0.5, 0.6) is 0 Å². The van der Waals surface area contributed by atoms with E-state index in [2.05, 4.69) is 30.6 Å². The molecule has 110 valence electrons. The minimum Gasteiger partial charge on any atom is -0.377 e. The monoisotopic (exact) mass is 268 g/mol. The van der Waals surface area contributed by atoms with Crippen molar-refractivity contribution in [3.63, 3.8) is 0 Å². The summed E-state index contributed by atoms with van der Waals surface area (Å²) in [7, 11) is 0. The number of hydrogen-bond donors (Lipinski definition) is 0. The van der Waals surface area contributed by atoms with E-state index in [4.69, 9.17) is 4.74 Å². The Balaban J connectivity index is 1.89. The first-order valence-electron chi connectivity index (χ1n) is 7.75. The molecule has 2 heterocycles. The van der Waals surface area contributed by atoms with Gasteiger partial charge < -0.3 is 14.5 Å². The molecule has 2 saturated heterocycles. The maximum atomic E-state index is 12.7. The van der Waals surface area contributed by atoms with Crippen molar-refractivity contribution in [2.24, 2.45) is 5.92 Å². The van der Waals surface area contributed by atoms with Crippen LogP contribution in [-0.4, -0.2) is 60.6 Å². The van der Waals surface area contributed by atoms with E-state index in [-0.39, 0.29) is 5.92 Å². The van der Waals surface area contributed by atoms with Crippen molar-refractivity contribution < 1.29 is 9.53 Å². The van der Waals surface area contributed by atoms with E-state index in [1.165, 1.54) is 0 Å². The molecule has 0 saturated carbocycles.